The van der Waals surface area contributed by atoms with E-state index in [4.69, 9.17) is 14.2 Å². The molecule has 3 aromatic rings. The van der Waals surface area contributed by atoms with Gasteiger partial charge in [0.2, 0.25) is 6.79 Å². The molecule has 138 valence electrons. The van der Waals surface area contributed by atoms with Crippen LogP contribution >= 0.6 is 0 Å². The van der Waals surface area contributed by atoms with E-state index in [2.05, 4.69) is 20.6 Å². The van der Waals surface area contributed by atoms with E-state index >= 15 is 0 Å². The second-order valence-corrected chi connectivity index (χ2v) is 6.30. The largest absolute Gasteiger partial charge is 0.491 e. The van der Waals surface area contributed by atoms with Gasteiger partial charge in [-0.05, 0) is 50.2 Å². The van der Waals surface area contributed by atoms with Crippen molar-refractivity contribution in [2.75, 3.05) is 17.4 Å². The molecule has 0 saturated heterocycles. The fraction of sp³-hybridized carbons (Fsp3) is 0.200. The lowest BCUT2D eigenvalue weighted by atomic mass is 10.2. The first-order valence-corrected chi connectivity index (χ1v) is 8.68. The van der Waals surface area contributed by atoms with E-state index in [-0.39, 0.29) is 12.9 Å². The predicted molar refractivity (Wildman–Crippen MR) is 103 cm³/mol. The summed E-state index contributed by atoms with van der Waals surface area (Å²) in [6.07, 6.45) is 1.66. The summed E-state index contributed by atoms with van der Waals surface area (Å²) in [7, 11) is 0. The minimum Gasteiger partial charge on any atom is -0.491 e. The normalized spacial score (nSPS) is 12.1. The summed E-state index contributed by atoms with van der Waals surface area (Å²) in [5.41, 5.74) is 1.78. The van der Waals surface area contributed by atoms with Gasteiger partial charge in [-0.2, -0.15) is 0 Å². The minimum atomic E-state index is 0.149. The highest BCUT2D eigenvalue weighted by Gasteiger charge is 2.13. The van der Waals surface area contributed by atoms with Gasteiger partial charge >= 0.3 is 0 Å². The molecule has 2 N–H and O–H groups in total. The van der Waals surface area contributed by atoms with Crippen LogP contribution in [0.1, 0.15) is 13.8 Å². The smallest absolute Gasteiger partial charge is 0.231 e. The number of ether oxygens (including phenoxy) is 3. The Morgan fingerprint density at radius 2 is 1.52 bits per heavy atom. The number of anilines is 4. The highest BCUT2D eigenvalue weighted by molar-refractivity contribution is 5.65. The van der Waals surface area contributed by atoms with Crippen molar-refractivity contribution in [1.82, 2.24) is 9.97 Å². The van der Waals surface area contributed by atoms with Gasteiger partial charge in [-0.15, -0.1) is 0 Å². The summed E-state index contributed by atoms with van der Waals surface area (Å²) >= 11 is 0. The van der Waals surface area contributed by atoms with Gasteiger partial charge in [0.05, 0.1) is 6.10 Å². The number of rotatable bonds is 6. The van der Waals surface area contributed by atoms with Crippen molar-refractivity contribution in [2.45, 2.75) is 20.0 Å². The van der Waals surface area contributed by atoms with Gasteiger partial charge in [0.1, 0.15) is 23.7 Å². The lowest BCUT2D eigenvalue weighted by Crippen LogP contribution is -2.05. The Hall–Kier alpha value is -3.48. The standard InChI is InChI=1S/C20H20N4O3/c1-13(2)27-16-6-3-14(4-7-16)23-19-10-20(22-11-21-19)24-15-5-8-17-18(9-15)26-12-25-17/h3-11,13H,12H2,1-2H3,(H2,21,22,23,24). The number of fused-ring (bicyclic) bond motifs is 1. The van der Waals surface area contributed by atoms with Crippen LogP contribution in [0.3, 0.4) is 0 Å². The molecule has 2 heterocycles. The Morgan fingerprint density at radius 3 is 2.26 bits per heavy atom. The van der Waals surface area contributed by atoms with Crippen LogP contribution in [0.2, 0.25) is 0 Å². The molecule has 0 aliphatic carbocycles. The number of nitrogens with one attached hydrogen (secondary N) is 2. The van der Waals surface area contributed by atoms with E-state index in [9.17, 15) is 0 Å². The molecule has 1 aromatic heterocycles. The van der Waals surface area contributed by atoms with Crippen molar-refractivity contribution in [1.29, 1.82) is 0 Å². The molecule has 0 radical (unpaired) electrons. The average molecular weight is 364 g/mol. The summed E-state index contributed by atoms with van der Waals surface area (Å²) in [6.45, 7) is 4.25. The lowest BCUT2D eigenvalue weighted by molar-refractivity contribution is 0.174. The molecule has 0 fully saturated rings. The van der Waals surface area contributed by atoms with Gasteiger partial charge in [0, 0.05) is 23.5 Å². The topological polar surface area (TPSA) is 77.5 Å². The third kappa shape index (κ3) is 4.20. The van der Waals surface area contributed by atoms with Crippen LogP contribution in [0.25, 0.3) is 0 Å². The fourth-order valence-corrected chi connectivity index (χ4v) is 2.65. The Bertz CT molecular complexity index is 929. The van der Waals surface area contributed by atoms with Crippen molar-refractivity contribution in [3.8, 4) is 17.2 Å². The van der Waals surface area contributed by atoms with Gasteiger partial charge in [0.15, 0.2) is 11.5 Å². The summed E-state index contributed by atoms with van der Waals surface area (Å²) in [4.78, 5) is 8.53. The van der Waals surface area contributed by atoms with Gasteiger partial charge in [-0.25, -0.2) is 9.97 Å². The molecule has 0 saturated carbocycles. The van der Waals surface area contributed by atoms with Crippen molar-refractivity contribution in [3.63, 3.8) is 0 Å². The minimum absolute atomic E-state index is 0.149. The highest BCUT2D eigenvalue weighted by atomic mass is 16.7. The van der Waals surface area contributed by atoms with E-state index in [1.165, 1.54) is 6.33 Å². The summed E-state index contributed by atoms with van der Waals surface area (Å²) in [5.74, 6) is 3.66. The zero-order chi connectivity index (χ0) is 18.6. The first-order valence-electron chi connectivity index (χ1n) is 8.68. The number of benzene rings is 2. The summed E-state index contributed by atoms with van der Waals surface area (Å²) in [5, 5.41) is 6.50. The Kier molecular flexibility index (Phi) is 4.65. The summed E-state index contributed by atoms with van der Waals surface area (Å²) in [6, 6.07) is 15.2. The van der Waals surface area contributed by atoms with E-state index in [1.807, 2.05) is 62.4 Å². The quantitative estimate of drug-likeness (QED) is 0.668. The fourth-order valence-electron chi connectivity index (χ4n) is 2.65. The van der Waals surface area contributed by atoms with E-state index in [1.54, 1.807) is 0 Å². The Balaban J connectivity index is 1.44. The number of hydrogen-bond donors (Lipinski definition) is 2. The van der Waals surface area contributed by atoms with Crippen molar-refractivity contribution in [2.24, 2.45) is 0 Å². The average Bonchev–Trinajstić information content (AvgIpc) is 3.11. The molecule has 1 aliphatic heterocycles. The first kappa shape index (κ1) is 17.0. The van der Waals surface area contributed by atoms with Crippen LogP contribution in [-0.2, 0) is 0 Å². The van der Waals surface area contributed by atoms with Crippen LogP contribution in [-0.4, -0.2) is 22.9 Å². The zero-order valence-electron chi connectivity index (χ0n) is 15.1. The van der Waals surface area contributed by atoms with E-state index < -0.39 is 0 Å². The molecule has 7 heteroatoms. The molecular weight excluding hydrogens is 344 g/mol. The van der Waals surface area contributed by atoms with Crippen molar-refractivity contribution < 1.29 is 14.2 Å². The maximum Gasteiger partial charge on any atom is 0.231 e. The predicted octanol–water partition coefficient (Wildman–Crippen LogP) is 4.48. The summed E-state index contributed by atoms with van der Waals surface area (Å²) < 4.78 is 16.4. The molecule has 0 spiro atoms. The van der Waals surface area contributed by atoms with Gasteiger partial charge < -0.3 is 24.8 Å². The first-order chi connectivity index (χ1) is 13.2. The Labute approximate surface area is 157 Å². The zero-order valence-corrected chi connectivity index (χ0v) is 15.1. The van der Waals surface area contributed by atoms with Gasteiger partial charge in [0.25, 0.3) is 0 Å². The molecule has 0 amide bonds. The molecule has 4 rings (SSSR count). The second kappa shape index (κ2) is 7.41. The molecule has 0 unspecified atom stereocenters. The van der Waals surface area contributed by atoms with Crippen LogP contribution in [0.4, 0.5) is 23.0 Å². The Morgan fingerprint density at radius 1 is 0.852 bits per heavy atom. The molecule has 0 bridgehead atoms. The van der Waals surface area contributed by atoms with Crippen molar-refractivity contribution >= 4 is 23.0 Å². The maximum atomic E-state index is 5.65. The molecular formula is C20H20N4O3. The molecule has 7 nitrogen and oxygen atoms in total. The highest BCUT2D eigenvalue weighted by Crippen LogP contribution is 2.35. The third-order valence-electron chi connectivity index (χ3n) is 3.81. The third-order valence-corrected chi connectivity index (χ3v) is 3.81. The van der Waals surface area contributed by atoms with Crippen LogP contribution in [0.5, 0.6) is 17.2 Å². The number of hydrogen-bond acceptors (Lipinski definition) is 7. The maximum absolute atomic E-state index is 5.65. The van der Waals surface area contributed by atoms with Crippen LogP contribution in [0.15, 0.2) is 54.9 Å². The molecule has 27 heavy (non-hydrogen) atoms. The van der Waals surface area contributed by atoms with Crippen molar-refractivity contribution in [3.05, 3.63) is 54.9 Å². The van der Waals surface area contributed by atoms with Crippen LogP contribution < -0.4 is 24.8 Å². The second-order valence-electron chi connectivity index (χ2n) is 6.30. The van der Waals surface area contributed by atoms with E-state index in [0.717, 1.165) is 28.6 Å². The monoisotopic (exact) mass is 364 g/mol. The lowest BCUT2D eigenvalue weighted by Gasteiger charge is -2.11. The molecule has 0 atom stereocenters. The van der Waals surface area contributed by atoms with E-state index in [0.29, 0.717) is 11.6 Å². The number of aromatic nitrogens is 2. The SMILES string of the molecule is CC(C)Oc1ccc(Nc2cc(Nc3ccc4c(c3)OCO4)ncn2)cc1. The van der Waals surface area contributed by atoms with Crippen LogP contribution in [0, 0.1) is 0 Å². The molecule has 2 aromatic carbocycles. The molecule has 1 aliphatic rings. The number of nitrogens with zero attached hydrogens (tertiary/aromatic N) is 2. The van der Waals surface area contributed by atoms with Gasteiger partial charge in [-0.1, -0.05) is 0 Å². The van der Waals surface area contributed by atoms with Gasteiger partial charge in [-0.3, -0.25) is 0 Å².